The molecular weight excluding hydrogens is 348 g/mol. The quantitative estimate of drug-likeness (QED) is 0.661. The molecule has 4 rings (SSSR count). The van der Waals surface area contributed by atoms with Gasteiger partial charge in [-0.3, -0.25) is 4.79 Å². The largest absolute Gasteiger partial charge is 0.496 e. The van der Waals surface area contributed by atoms with Crippen molar-refractivity contribution >= 4 is 39.0 Å². The van der Waals surface area contributed by atoms with Crippen LogP contribution < -0.4 is 15.8 Å². The molecule has 26 heavy (non-hydrogen) atoms. The molecule has 1 aromatic carbocycles. The number of carbonyl (C=O) groups excluding carboxylic acids is 1. The van der Waals surface area contributed by atoms with Crippen LogP contribution >= 0.6 is 11.3 Å². The molecule has 0 unspecified atom stereocenters. The molecule has 1 fully saturated rings. The number of fused-ring (bicyclic) bond motifs is 1. The van der Waals surface area contributed by atoms with Gasteiger partial charge in [-0.2, -0.15) is 0 Å². The van der Waals surface area contributed by atoms with Crippen LogP contribution in [-0.4, -0.2) is 28.9 Å². The second kappa shape index (κ2) is 6.25. The van der Waals surface area contributed by atoms with E-state index in [2.05, 4.69) is 10.3 Å². The molecular formula is C19H20N4O2S. The number of rotatable bonds is 5. The first kappa shape index (κ1) is 16.8. The summed E-state index contributed by atoms with van der Waals surface area (Å²) in [6.07, 6.45) is 2.25. The predicted octanol–water partition coefficient (Wildman–Crippen LogP) is 4.03. The number of anilines is 2. The second-order valence-electron chi connectivity index (χ2n) is 6.58. The zero-order chi connectivity index (χ0) is 18.4. The summed E-state index contributed by atoms with van der Waals surface area (Å²) in [4.78, 5) is 22.5. The normalized spacial score (nSPS) is 13.8. The molecule has 2 aromatic heterocycles. The molecule has 0 aliphatic heterocycles. The molecule has 2 heterocycles. The van der Waals surface area contributed by atoms with Gasteiger partial charge in [0.2, 0.25) is 5.95 Å². The Morgan fingerprint density at radius 1 is 1.35 bits per heavy atom. The van der Waals surface area contributed by atoms with E-state index in [9.17, 15) is 4.79 Å². The van der Waals surface area contributed by atoms with Crippen LogP contribution in [0.4, 0.5) is 11.6 Å². The Bertz CT molecular complexity index is 1020. The van der Waals surface area contributed by atoms with Crippen molar-refractivity contribution in [1.29, 1.82) is 0 Å². The summed E-state index contributed by atoms with van der Waals surface area (Å²) >= 11 is 1.32. The van der Waals surface area contributed by atoms with E-state index >= 15 is 0 Å². The van der Waals surface area contributed by atoms with Gasteiger partial charge >= 0.3 is 0 Å². The van der Waals surface area contributed by atoms with Gasteiger partial charge in [-0.25, -0.2) is 9.97 Å². The van der Waals surface area contributed by atoms with Gasteiger partial charge in [-0.1, -0.05) is 12.1 Å². The molecule has 7 heteroatoms. The number of methoxy groups -OCH3 is 1. The highest BCUT2D eigenvalue weighted by Crippen LogP contribution is 2.40. The number of nitrogens with one attached hydrogen (secondary N) is 1. The van der Waals surface area contributed by atoms with E-state index in [1.54, 1.807) is 7.11 Å². The van der Waals surface area contributed by atoms with E-state index in [-0.39, 0.29) is 5.78 Å². The van der Waals surface area contributed by atoms with Crippen LogP contribution in [0, 0.1) is 6.92 Å². The first-order valence-electron chi connectivity index (χ1n) is 8.50. The average molecular weight is 368 g/mol. The zero-order valence-corrected chi connectivity index (χ0v) is 15.7. The molecule has 0 radical (unpaired) electrons. The van der Waals surface area contributed by atoms with Crippen molar-refractivity contribution in [3.63, 3.8) is 0 Å². The lowest BCUT2D eigenvalue weighted by Crippen LogP contribution is -2.06. The highest BCUT2D eigenvalue weighted by molar-refractivity contribution is 7.21. The van der Waals surface area contributed by atoms with E-state index in [4.69, 9.17) is 15.5 Å². The van der Waals surface area contributed by atoms with Crippen molar-refractivity contribution < 1.29 is 9.53 Å². The number of nitrogens with zero attached hydrogens (tertiary/aromatic N) is 2. The van der Waals surface area contributed by atoms with Crippen molar-refractivity contribution in [3.05, 3.63) is 28.6 Å². The number of ether oxygens (including phenoxy) is 1. The summed E-state index contributed by atoms with van der Waals surface area (Å²) in [5.41, 5.74) is 9.40. The maximum absolute atomic E-state index is 11.9. The van der Waals surface area contributed by atoms with E-state index < -0.39 is 0 Å². The second-order valence-corrected chi connectivity index (χ2v) is 7.58. The molecule has 1 saturated carbocycles. The van der Waals surface area contributed by atoms with Crippen LogP contribution in [0.5, 0.6) is 5.75 Å². The minimum absolute atomic E-state index is 0.0605. The molecule has 134 valence electrons. The van der Waals surface area contributed by atoms with Gasteiger partial charge < -0.3 is 15.8 Å². The molecule has 0 bridgehead atoms. The van der Waals surface area contributed by atoms with Crippen molar-refractivity contribution in [2.75, 3.05) is 18.2 Å². The summed E-state index contributed by atoms with van der Waals surface area (Å²) in [5, 5.41) is 4.07. The summed E-state index contributed by atoms with van der Waals surface area (Å²) in [7, 11) is 1.65. The number of Topliss-reactive ketones (excluding diaryl/α,β-unsaturated/α-hetero) is 1. The lowest BCUT2D eigenvalue weighted by Gasteiger charge is -2.11. The highest BCUT2D eigenvalue weighted by Gasteiger charge is 2.25. The van der Waals surface area contributed by atoms with E-state index in [0.29, 0.717) is 22.6 Å². The lowest BCUT2D eigenvalue weighted by molar-refractivity contribution is 0.102. The standard InChI is InChI=1S/C19H20N4O2S/c1-9-4-5-11(8-13(9)25-3)16-14-15(20)17(10(2)24)26-18(14)23-19(22-16)21-12-6-7-12/h4-5,8,12H,6-7,20H2,1-3H3,(H,21,22,23). The number of carbonyl (C=O) groups is 1. The van der Waals surface area contributed by atoms with Crippen LogP contribution in [0.2, 0.25) is 0 Å². The number of nitrogen functional groups attached to an aromatic ring is 1. The van der Waals surface area contributed by atoms with Crippen molar-refractivity contribution in [2.24, 2.45) is 0 Å². The first-order chi connectivity index (χ1) is 12.5. The Labute approximate surface area is 155 Å². The zero-order valence-electron chi connectivity index (χ0n) is 14.9. The van der Waals surface area contributed by atoms with Crippen LogP contribution in [0.15, 0.2) is 18.2 Å². The molecule has 3 aromatic rings. The maximum atomic E-state index is 11.9. The highest BCUT2D eigenvalue weighted by atomic mass is 32.1. The number of hydrogen-bond donors (Lipinski definition) is 2. The van der Waals surface area contributed by atoms with Crippen LogP contribution in [-0.2, 0) is 0 Å². The monoisotopic (exact) mass is 368 g/mol. The molecule has 0 atom stereocenters. The van der Waals surface area contributed by atoms with Gasteiger partial charge in [0.15, 0.2) is 5.78 Å². The van der Waals surface area contributed by atoms with Gasteiger partial charge in [0.1, 0.15) is 10.6 Å². The van der Waals surface area contributed by atoms with E-state index in [0.717, 1.165) is 45.6 Å². The van der Waals surface area contributed by atoms with Gasteiger partial charge in [0.05, 0.1) is 28.8 Å². The van der Waals surface area contributed by atoms with Crippen LogP contribution in [0.3, 0.4) is 0 Å². The smallest absolute Gasteiger partial charge is 0.224 e. The summed E-state index contributed by atoms with van der Waals surface area (Å²) in [6.45, 7) is 3.51. The van der Waals surface area contributed by atoms with E-state index in [1.807, 2.05) is 25.1 Å². The van der Waals surface area contributed by atoms with Gasteiger partial charge in [-0.15, -0.1) is 11.3 Å². The van der Waals surface area contributed by atoms with Crippen molar-refractivity contribution in [3.8, 4) is 17.0 Å². The third-order valence-electron chi connectivity index (χ3n) is 4.50. The molecule has 1 aliphatic carbocycles. The molecule has 0 spiro atoms. The summed E-state index contributed by atoms with van der Waals surface area (Å²) in [6, 6.07) is 6.36. The fourth-order valence-electron chi connectivity index (χ4n) is 2.93. The Morgan fingerprint density at radius 3 is 2.77 bits per heavy atom. The number of thiophene rings is 1. The average Bonchev–Trinajstić information content (AvgIpc) is 3.36. The minimum atomic E-state index is -0.0605. The summed E-state index contributed by atoms with van der Waals surface area (Å²) < 4.78 is 5.46. The first-order valence-corrected chi connectivity index (χ1v) is 9.32. The number of aromatic nitrogens is 2. The number of benzene rings is 1. The van der Waals surface area contributed by atoms with Gasteiger partial charge in [0, 0.05) is 18.5 Å². The molecule has 3 N–H and O–H groups in total. The van der Waals surface area contributed by atoms with Crippen molar-refractivity contribution in [1.82, 2.24) is 9.97 Å². The molecule has 0 saturated heterocycles. The van der Waals surface area contributed by atoms with Crippen LogP contribution in [0.25, 0.3) is 21.5 Å². The van der Waals surface area contributed by atoms with Gasteiger partial charge in [-0.05, 0) is 31.4 Å². The number of nitrogens with two attached hydrogens (primary N) is 1. The fraction of sp³-hybridized carbons (Fsp3) is 0.316. The van der Waals surface area contributed by atoms with E-state index in [1.165, 1.54) is 18.3 Å². The topological polar surface area (TPSA) is 90.1 Å². The Hall–Kier alpha value is -2.67. The number of ketones is 1. The maximum Gasteiger partial charge on any atom is 0.224 e. The molecule has 1 aliphatic rings. The third kappa shape index (κ3) is 2.88. The Kier molecular flexibility index (Phi) is 4.03. The van der Waals surface area contributed by atoms with Crippen molar-refractivity contribution in [2.45, 2.75) is 32.7 Å². The predicted molar refractivity (Wildman–Crippen MR) is 105 cm³/mol. The lowest BCUT2D eigenvalue weighted by atomic mass is 10.0. The van der Waals surface area contributed by atoms with Crippen LogP contribution in [0.1, 0.15) is 35.0 Å². The van der Waals surface area contributed by atoms with Gasteiger partial charge in [0.25, 0.3) is 0 Å². The minimum Gasteiger partial charge on any atom is -0.496 e. The number of hydrogen-bond acceptors (Lipinski definition) is 7. The third-order valence-corrected chi connectivity index (χ3v) is 5.70. The summed E-state index contributed by atoms with van der Waals surface area (Å²) in [5.74, 6) is 1.30. The Morgan fingerprint density at radius 2 is 2.12 bits per heavy atom. The number of aryl methyl sites for hydroxylation is 1. The molecule has 0 amide bonds. The molecule has 6 nitrogen and oxygen atoms in total. The fourth-order valence-corrected chi connectivity index (χ4v) is 3.92. The SMILES string of the molecule is COc1cc(-c2nc(NC3CC3)nc3sc(C(C)=O)c(N)c23)ccc1C. The Balaban J connectivity index is 1.96.